The van der Waals surface area contributed by atoms with Crippen LogP contribution in [0.1, 0.15) is 16.8 Å². The van der Waals surface area contributed by atoms with Crippen LogP contribution in [0, 0.1) is 0 Å². The number of aliphatic hydroxyl groups is 1. The van der Waals surface area contributed by atoms with Crippen molar-refractivity contribution in [2.24, 2.45) is 0 Å². The van der Waals surface area contributed by atoms with E-state index >= 15 is 0 Å². The lowest BCUT2D eigenvalue weighted by atomic mass is 10.2. The molecular weight excluding hydrogens is 332 g/mol. The van der Waals surface area contributed by atoms with E-state index < -0.39 is 0 Å². The summed E-state index contributed by atoms with van der Waals surface area (Å²) in [5.74, 6) is 0. The molecule has 0 saturated heterocycles. The number of ether oxygens (including phenoxy) is 1. The highest BCUT2D eigenvalue weighted by atomic mass is 79.9. The van der Waals surface area contributed by atoms with Crippen molar-refractivity contribution in [1.82, 2.24) is 9.78 Å². The van der Waals surface area contributed by atoms with E-state index in [1.807, 2.05) is 24.3 Å². The van der Waals surface area contributed by atoms with Gasteiger partial charge in [0.15, 0.2) is 0 Å². The van der Waals surface area contributed by atoms with Crippen LogP contribution < -0.4 is 0 Å². The molecule has 6 heteroatoms. The fourth-order valence-electron chi connectivity index (χ4n) is 1.85. The second-order valence-electron chi connectivity index (χ2n) is 4.09. The summed E-state index contributed by atoms with van der Waals surface area (Å²) in [6.07, 6.45) is 0. The van der Waals surface area contributed by atoms with Gasteiger partial charge in [0.25, 0.3) is 0 Å². The van der Waals surface area contributed by atoms with Crippen molar-refractivity contribution in [3.63, 3.8) is 0 Å². The van der Waals surface area contributed by atoms with Crippen molar-refractivity contribution in [3.8, 4) is 0 Å². The Balaban J connectivity index is 2.30. The molecule has 0 aliphatic rings. The summed E-state index contributed by atoms with van der Waals surface area (Å²) in [7, 11) is 1.59. The first kappa shape index (κ1) is 14.5. The van der Waals surface area contributed by atoms with Crippen LogP contribution in [0.25, 0.3) is 0 Å². The molecule has 1 aromatic carbocycles. The Morgan fingerprint density at radius 2 is 2.26 bits per heavy atom. The molecule has 0 amide bonds. The number of rotatable bonds is 5. The summed E-state index contributed by atoms with van der Waals surface area (Å²) in [5, 5.41) is 14.2. The van der Waals surface area contributed by atoms with Crippen molar-refractivity contribution < 1.29 is 9.84 Å². The van der Waals surface area contributed by atoms with Gasteiger partial charge in [0.1, 0.15) is 5.15 Å². The Bertz CT molecular complexity index is 572. The van der Waals surface area contributed by atoms with Gasteiger partial charge in [-0.25, -0.2) is 4.68 Å². The molecule has 4 nitrogen and oxygen atoms in total. The van der Waals surface area contributed by atoms with Crippen LogP contribution in [0.4, 0.5) is 0 Å². The molecule has 0 aliphatic heterocycles. The first-order chi connectivity index (χ1) is 9.15. The highest BCUT2D eigenvalue weighted by Gasteiger charge is 2.15. The Labute approximate surface area is 125 Å². The number of aliphatic hydroxyl groups excluding tert-OH is 1. The Morgan fingerprint density at radius 1 is 1.47 bits per heavy atom. The largest absolute Gasteiger partial charge is 0.391 e. The van der Waals surface area contributed by atoms with Gasteiger partial charge < -0.3 is 9.84 Å². The molecule has 0 atom stereocenters. The summed E-state index contributed by atoms with van der Waals surface area (Å²) in [6, 6.07) is 7.92. The third kappa shape index (κ3) is 3.36. The molecule has 1 heterocycles. The highest BCUT2D eigenvalue weighted by molar-refractivity contribution is 9.10. The van der Waals surface area contributed by atoms with Crippen LogP contribution in [0.15, 0.2) is 28.7 Å². The molecule has 0 bridgehead atoms. The SMILES string of the molecule is COCc1nn(Cc2cccc(Br)c2)c(Cl)c1CO. The van der Waals surface area contributed by atoms with Gasteiger partial charge in [-0.15, -0.1) is 0 Å². The van der Waals surface area contributed by atoms with Crippen molar-refractivity contribution in [2.75, 3.05) is 7.11 Å². The van der Waals surface area contributed by atoms with Gasteiger partial charge in [0.05, 0.1) is 25.5 Å². The maximum Gasteiger partial charge on any atom is 0.133 e. The third-order valence-corrected chi connectivity index (χ3v) is 3.64. The van der Waals surface area contributed by atoms with E-state index in [4.69, 9.17) is 16.3 Å². The quantitative estimate of drug-likeness (QED) is 0.906. The maximum absolute atomic E-state index is 9.35. The average molecular weight is 346 g/mol. The molecule has 0 saturated carbocycles. The molecule has 0 spiro atoms. The molecular formula is C13H14BrClN2O2. The molecule has 0 fully saturated rings. The van der Waals surface area contributed by atoms with E-state index in [9.17, 15) is 5.11 Å². The lowest BCUT2D eigenvalue weighted by Crippen LogP contribution is -2.02. The minimum atomic E-state index is -0.143. The smallest absolute Gasteiger partial charge is 0.133 e. The van der Waals surface area contributed by atoms with Gasteiger partial charge in [0, 0.05) is 17.1 Å². The van der Waals surface area contributed by atoms with Crippen LogP contribution in [0.5, 0.6) is 0 Å². The standard InChI is InChI=1S/C13H14BrClN2O2/c1-19-8-12-11(7-18)13(15)17(16-12)6-9-3-2-4-10(14)5-9/h2-5,18H,6-8H2,1H3. The van der Waals surface area contributed by atoms with E-state index in [0.29, 0.717) is 29.6 Å². The summed E-state index contributed by atoms with van der Waals surface area (Å²) in [4.78, 5) is 0. The Hall–Kier alpha value is -0.880. The topological polar surface area (TPSA) is 47.3 Å². The molecule has 19 heavy (non-hydrogen) atoms. The average Bonchev–Trinajstić information content (AvgIpc) is 2.66. The molecule has 1 aromatic heterocycles. The van der Waals surface area contributed by atoms with Gasteiger partial charge >= 0.3 is 0 Å². The molecule has 2 rings (SSSR count). The minimum absolute atomic E-state index is 0.143. The van der Waals surface area contributed by atoms with Gasteiger partial charge in [-0.05, 0) is 17.7 Å². The van der Waals surface area contributed by atoms with E-state index in [-0.39, 0.29) is 6.61 Å². The lowest BCUT2D eigenvalue weighted by Gasteiger charge is -2.04. The predicted molar refractivity (Wildman–Crippen MR) is 77.1 cm³/mol. The lowest BCUT2D eigenvalue weighted by molar-refractivity contribution is 0.177. The van der Waals surface area contributed by atoms with Crippen LogP contribution >= 0.6 is 27.5 Å². The number of aromatic nitrogens is 2. The zero-order valence-corrected chi connectivity index (χ0v) is 12.8. The second kappa shape index (κ2) is 6.52. The molecule has 1 N–H and O–H groups in total. The van der Waals surface area contributed by atoms with Gasteiger partial charge in [0.2, 0.25) is 0 Å². The number of nitrogens with zero attached hydrogens (tertiary/aromatic N) is 2. The first-order valence-electron chi connectivity index (χ1n) is 5.74. The van der Waals surface area contributed by atoms with Crippen molar-refractivity contribution >= 4 is 27.5 Å². The summed E-state index contributed by atoms with van der Waals surface area (Å²) < 4.78 is 7.73. The number of benzene rings is 1. The van der Waals surface area contributed by atoms with Gasteiger partial charge in [-0.1, -0.05) is 39.7 Å². The van der Waals surface area contributed by atoms with Gasteiger partial charge in [-0.2, -0.15) is 5.10 Å². The zero-order chi connectivity index (χ0) is 13.8. The van der Waals surface area contributed by atoms with Crippen molar-refractivity contribution in [2.45, 2.75) is 19.8 Å². The number of hydrogen-bond acceptors (Lipinski definition) is 3. The fourth-order valence-corrected chi connectivity index (χ4v) is 2.56. The Morgan fingerprint density at radius 3 is 2.89 bits per heavy atom. The fraction of sp³-hybridized carbons (Fsp3) is 0.308. The number of halogens is 2. The van der Waals surface area contributed by atoms with Crippen LogP contribution in [0.2, 0.25) is 5.15 Å². The van der Waals surface area contributed by atoms with Gasteiger partial charge in [-0.3, -0.25) is 0 Å². The predicted octanol–water partition coefficient (Wildman–Crippen LogP) is 2.99. The maximum atomic E-state index is 9.35. The second-order valence-corrected chi connectivity index (χ2v) is 5.37. The molecule has 102 valence electrons. The van der Waals surface area contributed by atoms with E-state index in [1.54, 1.807) is 11.8 Å². The number of methoxy groups -OCH3 is 1. The molecule has 2 aromatic rings. The normalized spacial score (nSPS) is 10.9. The number of hydrogen-bond donors (Lipinski definition) is 1. The van der Waals surface area contributed by atoms with Crippen LogP contribution in [-0.2, 0) is 24.5 Å². The first-order valence-corrected chi connectivity index (χ1v) is 6.91. The minimum Gasteiger partial charge on any atom is -0.391 e. The van der Waals surface area contributed by atoms with Crippen LogP contribution in [0.3, 0.4) is 0 Å². The zero-order valence-electron chi connectivity index (χ0n) is 10.4. The summed E-state index contributed by atoms with van der Waals surface area (Å²) in [6.45, 7) is 0.742. The third-order valence-electron chi connectivity index (χ3n) is 2.73. The molecule has 0 radical (unpaired) electrons. The molecule has 0 aliphatic carbocycles. The Kier molecular flexibility index (Phi) is 4.99. The molecule has 0 unspecified atom stereocenters. The summed E-state index contributed by atoms with van der Waals surface area (Å²) in [5.41, 5.74) is 2.37. The van der Waals surface area contributed by atoms with E-state index in [2.05, 4.69) is 21.0 Å². The highest BCUT2D eigenvalue weighted by Crippen LogP contribution is 2.22. The van der Waals surface area contributed by atoms with E-state index in [0.717, 1.165) is 10.0 Å². The van der Waals surface area contributed by atoms with Crippen molar-refractivity contribution in [1.29, 1.82) is 0 Å². The van der Waals surface area contributed by atoms with Crippen LogP contribution in [-0.4, -0.2) is 22.0 Å². The van der Waals surface area contributed by atoms with E-state index in [1.165, 1.54) is 0 Å². The van der Waals surface area contributed by atoms with Crippen molar-refractivity contribution in [3.05, 3.63) is 50.7 Å². The summed E-state index contributed by atoms with van der Waals surface area (Å²) >= 11 is 9.66. The monoisotopic (exact) mass is 344 g/mol.